The number of rotatable bonds is 3. The maximum atomic E-state index is 12.8. The van der Waals surface area contributed by atoms with Crippen LogP contribution in [0.4, 0.5) is 24.5 Å². The Balaban J connectivity index is 2.11. The Kier molecular flexibility index (Phi) is 5.33. The summed E-state index contributed by atoms with van der Waals surface area (Å²) in [4.78, 5) is 0. The number of anilines is 2. The zero-order chi connectivity index (χ0) is 17.0. The average molecular weight is 361 g/mol. The Morgan fingerprint density at radius 1 is 1.09 bits per heavy atom. The number of nitrogens with one attached hydrogen (secondary N) is 2. The molecule has 0 saturated heterocycles. The van der Waals surface area contributed by atoms with Gasteiger partial charge in [-0.05, 0) is 42.5 Å². The van der Waals surface area contributed by atoms with Crippen LogP contribution in [0.1, 0.15) is 5.56 Å². The Morgan fingerprint density at radius 2 is 1.74 bits per heavy atom. The van der Waals surface area contributed by atoms with Gasteiger partial charge >= 0.3 is 6.18 Å². The lowest BCUT2D eigenvalue weighted by molar-refractivity contribution is -0.137. The van der Waals surface area contributed by atoms with E-state index >= 15 is 0 Å². The fourth-order valence-corrected chi connectivity index (χ4v) is 2.27. The van der Waals surface area contributed by atoms with Crippen LogP contribution in [0.5, 0.6) is 5.75 Å². The Hall–Kier alpha value is -1.99. The summed E-state index contributed by atoms with van der Waals surface area (Å²) in [6.07, 6.45) is -4.53. The van der Waals surface area contributed by atoms with E-state index in [0.717, 1.165) is 6.07 Å². The molecule has 0 aliphatic rings. The van der Waals surface area contributed by atoms with E-state index in [9.17, 15) is 13.2 Å². The molecule has 2 rings (SSSR count). The van der Waals surface area contributed by atoms with Crippen molar-refractivity contribution in [3.8, 4) is 5.75 Å². The first-order valence-corrected chi connectivity index (χ1v) is 7.17. The molecule has 0 spiro atoms. The van der Waals surface area contributed by atoms with Crippen molar-refractivity contribution >= 4 is 40.3 Å². The van der Waals surface area contributed by atoms with Gasteiger partial charge in [-0.2, -0.15) is 13.2 Å². The summed E-state index contributed by atoms with van der Waals surface area (Å²) in [6, 6.07) is 10.5. The minimum atomic E-state index is -4.53. The van der Waals surface area contributed by atoms with Gasteiger partial charge < -0.3 is 15.4 Å². The lowest BCUT2D eigenvalue weighted by Crippen LogP contribution is -2.19. The van der Waals surface area contributed by atoms with Crippen molar-refractivity contribution in [3.63, 3.8) is 0 Å². The van der Waals surface area contributed by atoms with Crippen LogP contribution in [0.25, 0.3) is 0 Å². The minimum Gasteiger partial charge on any atom is -0.497 e. The number of hydrogen-bond donors (Lipinski definition) is 2. The first kappa shape index (κ1) is 17.4. The van der Waals surface area contributed by atoms with E-state index in [1.807, 2.05) is 0 Å². The molecule has 2 N–H and O–H groups in total. The molecule has 0 unspecified atom stereocenters. The highest BCUT2D eigenvalue weighted by Gasteiger charge is 2.33. The number of benzene rings is 2. The number of halogens is 4. The predicted octanol–water partition coefficient (Wildman–Crippen LogP) is 5.18. The molecular weight excluding hydrogens is 349 g/mol. The van der Waals surface area contributed by atoms with Crippen molar-refractivity contribution in [3.05, 3.63) is 53.1 Å². The Bertz CT molecular complexity index is 722. The molecule has 0 bridgehead atoms. The summed E-state index contributed by atoms with van der Waals surface area (Å²) >= 11 is 10.7. The third kappa shape index (κ3) is 4.74. The van der Waals surface area contributed by atoms with Gasteiger partial charge in [-0.1, -0.05) is 17.7 Å². The zero-order valence-corrected chi connectivity index (χ0v) is 13.4. The van der Waals surface area contributed by atoms with Crippen LogP contribution in [0.15, 0.2) is 42.5 Å². The SMILES string of the molecule is COc1cccc(NC(=S)Nc2ccc(Cl)c(C(F)(F)F)c2)c1. The Morgan fingerprint density at radius 3 is 2.35 bits per heavy atom. The highest BCUT2D eigenvalue weighted by molar-refractivity contribution is 7.80. The highest BCUT2D eigenvalue weighted by atomic mass is 35.5. The van der Waals surface area contributed by atoms with Gasteiger partial charge in [0.05, 0.1) is 17.7 Å². The van der Waals surface area contributed by atoms with Crippen molar-refractivity contribution in [1.82, 2.24) is 0 Å². The molecule has 122 valence electrons. The van der Waals surface area contributed by atoms with Crippen LogP contribution in [-0.2, 0) is 6.18 Å². The van der Waals surface area contributed by atoms with Crippen LogP contribution in [0.2, 0.25) is 5.02 Å². The van der Waals surface area contributed by atoms with E-state index in [2.05, 4.69) is 10.6 Å². The standard InChI is InChI=1S/C15H12ClF3N2OS/c1-22-11-4-2-3-9(7-11)20-14(23)21-10-5-6-13(16)12(8-10)15(17,18)19/h2-8H,1H3,(H2,20,21,23). The zero-order valence-electron chi connectivity index (χ0n) is 11.9. The summed E-state index contributed by atoms with van der Waals surface area (Å²) in [5.41, 5.74) is -0.0951. The van der Waals surface area contributed by atoms with Gasteiger partial charge in [0.15, 0.2) is 5.11 Å². The topological polar surface area (TPSA) is 33.3 Å². The smallest absolute Gasteiger partial charge is 0.417 e. The third-order valence-electron chi connectivity index (χ3n) is 2.86. The van der Waals surface area contributed by atoms with E-state index in [0.29, 0.717) is 11.4 Å². The first-order valence-electron chi connectivity index (χ1n) is 6.38. The van der Waals surface area contributed by atoms with Gasteiger partial charge in [-0.3, -0.25) is 0 Å². The van der Waals surface area contributed by atoms with Gasteiger partial charge in [0.25, 0.3) is 0 Å². The second-order valence-corrected chi connectivity index (χ2v) is 5.32. The maximum Gasteiger partial charge on any atom is 0.417 e. The van der Waals surface area contributed by atoms with Gasteiger partial charge in [0.2, 0.25) is 0 Å². The van der Waals surface area contributed by atoms with E-state index in [4.69, 9.17) is 28.6 Å². The van der Waals surface area contributed by atoms with Gasteiger partial charge in [-0.15, -0.1) is 0 Å². The molecule has 3 nitrogen and oxygen atoms in total. The molecule has 0 aromatic heterocycles. The van der Waals surface area contributed by atoms with Crippen LogP contribution in [-0.4, -0.2) is 12.2 Å². The lowest BCUT2D eigenvalue weighted by Gasteiger charge is -2.14. The predicted molar refractivity (Wildman–Crippen MR) is 89.3 cm³/mol. The summed E-state index contributed by atoms with van der Waals surface area (Å²) in [7, 11) is 1.53. The Labute approximate surface area is 141 Å². The lowest BCUT2D eigenvalue weighted by atomic mass is 10.2. The quantitative estimate of drug-likeness (QED) is 0.739. The number of hydrogen-bond acceptors (Lipinski definition) is 2. The van der Waals surface area contributed by atoms with Gasteiger partial charge in [-0.25, -0.2) is 0 Å². The monoisotopic (exact) mass is 360 g/mol. The molecule has 23 heavy (non-hydrogen) atoms. The molecular formula is C15H12ClF3N2OS. The molecule has 0 heterocycles. The summed E-state index contributed by atoms with van der Waals surface area (Å²) < 4.78 is 43.5. The van der Waals surface area contributed by atoms with Crippen molar-refractivity contribution in [2.75, 3.05) is 17.7 Å². The fraction of sp³-hybridized carbons (Fsp3) is 0.133. The van der Waals surface area contributed by atoms with Crippen LogP contribution in [0.3, 0.4) is 0 Å². The maximum absolute atomic E-state index is 12.8. The molecule has 0 aliphatic carbocycles. The summed E-state index contributed by atoms with van der Waals surface area (Å²) in [5.74, 6) is 0.628. The van der Waals surface area contributed by atoms with E-state index in [1.54, 1.807) is 24.3 Å². The van der Waals surface area contributed by atoms with E-state index in [-0.39, 0.29) is 15.8 Å². The van der Waals surface area contributed by atoms with Gasteiger partial charge in [0.1, 0.15) is 5.75 Å². The number of ether oxygens (including phenoxy) is 1. The van der Waals surface area contributed by atoms with Crippen molar-refractivity contribution in [2.45, 2.75) is 6.18 Å². The number of alkyl halides is 3. The highest BCUT2D eigenvalue weighted by Crippen LogP contribution is 2.36. The van der Waals surface area contributed by atoms with Crippen LogP contribution < -0.4 is 15.4 Å². The van der Waals surface area contributed by atoms with Crippen LogP contribution in [0, 0.1) is 0 Å². The largest absolute Gasteiger partial charge is 0.497 e. The minimum absolute atomic E-state index is 0.147. The molecule has 0 atom stereocenters. The molecule has 0 radical (unpaired) electrons. The molecule has 0 fully saturated rings. The number of thiocarbonyl (C=S) groups is 1. The molecule has 8 heteroatoms. The molecule has 0 saturated carbocycles. The second-order valence-electron chi connectivity index (χ2n) is 4.50. The van der Waals surface area contributed by atoms with E-state index in [1.165, 1.54) is 19.2 Å². The fourth-order valence-electron chi connectivity index (χ4n) is 1.81. The van der Waals surface area contributed by atoms with Crippen LogP contribution >= 0.6 is 23.8 Å². The van der Waals surface area contributed by atoms with Crippen molar-refractivity contribution in [2.24, 2.45) is 0 Å². The van der Waals surface area contributed by atoms with Gasteiger partial charge in [0, 0.05) is 17.4 Å². The first-order chi connectivity index (χ1) is 10.8. The average Bonchev–Trinajstić information content (AvgIpc) is 2.48. The van der Waals surface area contributed by atoms with E-state index < -0.39 is 11.7 Å². The summed E-state index contributed by atoms with van der Waals surface area (Å²) in [6.45, 7) is 0. The second kappa shape index (κ2) is 7.06. The van der Waals surface area contributed by atoms with Crippen molar-refractivity contribution < 1.29 is 17.9 Å². The molecule has 0 aliphatic heterocycles. The molecule has 2 aromatic rings. The number of methoxy groups -OCH3 is 1. The molecule has 0 amide bonds. The normalized spacial score (nSPS) is 11.0. The third-order valence-corrected chi connectivity index (χ3v) is 3.39. The van der Waals surface area contributed by atoms with Crippen molar-refractivity contribution in [1.29, 1.82) is 0 Å². The summed E-state index contributed by atoms with van der Waals surface area (Å²) in [5, 5.41) is 5.33. The molecule has 2 aromatic carbocycles.